The molecule has 0 unspecified atom stereocenters. The van der Waals surface area contributed by atoms with E-state index in [9.17, 15) is 4.79 Å². The molecule has 0 aliphatic carbocycles. The van der Waals surface area contributed by atoms with E-state index in [1.807, 2.05) is 47.0 Å². The lowest BCUT2D eigenvalue weighted by molar-refractivity contribution is -0.118. The molecule has 0 saturated carbocycles. The van der Waals surface area contributed by atoms with Gasteiger partial charge in [-0.3, -0.25) is 14.3 Å². The Balaban J connectivity index is 1.57. The normalized spacial score (nSPS) is 10.8. The van der Waals surface area contributed by atoms with Crippen molar-refractivity contribution in [3.05, 3.63) is 89.7 Å². The monoisotopic (exact) mass is 429 g/mol. The first kappa shape index (κ1) is 20.8. The average molecular weight is 430 g/mol. The summed E-state index contributed by atoms with van der Waals surface area (Å²) in [5.41, 5.74) is 5.22. The highest BCUT2D eigenvalue weighted by molar-refractivity contribution is 7.99. The predicted octanol–water partition coefficient (Wildman–Crippen LogP) is 4.35. The van der Waals surface area contributed by atoms with E-state index in [2.05, 4.69) is 52.5 Å². The summed E-state index contributed by atoms with van der Waals surface area (Å²) < 4.78 is 2.00. The molecule has 2 heterocycles. The Labute approximate surface area is 185 Å². The molecule has 0 fully saturated rings. The topological polar surface area (TPSA) is 72.7 Å². The summed E-state index contributed by atoms with van der Waals surface area (Å²) in [5.74, 6) is 0.905. The van der Waals surface area contributed by atoms with E-state index in [0.717, 1.165) is 22.4 Å². The third-order valence-corrected chi connectivity index (χ3v) is 5.74. The van der Waals surface area contributed by atoms with Crippen LogP contribution >= 0.6 is 11.8 Å². The Morgan fingerprint density at radius 1 is 1.03 bits per heavy atom. The number of carbonyl (C=O) groups is 1. The van der Waals surface area contributed by atoms with E-state index < -0.39 is 0 Å². The van der Waals surface area contributed by atoms with Crippen molar-refractivity contribution in [3.63, 3.8) is 0 Å². The third kappa shape index (κ3) is 5.00. The number of benzene rings is 2. The minimum Gasteiger partial charge on any atom is -0.351 e. The molecule has 0 aliphatic heterocycles. The van der Waals surface area contributed by atoms with Gasteiger partial charge >= 0.3 is 0 Å². The van der Waals surface area contributed by atoms with Crippen LogP contribution in [0.5, 0.6) is 0 Å². The molecule has 0 aliphatic rings. The minimum atomic E-state index is -0.0491. The fourth-order valence-electron chi connectivity index (χ4n) is 3.30. The summed E-state index contributed by atoms with van der Waals surface area (Å²) in [5, 5.41) is 12.4. The number of hydrogen-bond acceptors (Lipinski definition) is 5. The van der Waals surface area contributed by atoms with Crippen molar-refractivity contribution in [2.45, 2.75) is 25.5 Å². The summed E-state index contributed by atoms with van der Waals surface area (Å²) in [6, 6.07) is 20.0. The zero-order valence-corrected chi connectivity index (χ0v) is 18.3. The standard InChI is InChI=1S/C24H23N5OS/c1-17-10-11-21(18(2)13-17)29-23(20-9-6-12-25-15-20)27-28-24(29)31-16-22(30)26-14-19-7-4-3-5-8-19/h3-13,15H,14,16H2,1-2H3,(H,26,30). The van der Waals surface area contributed by atoms with Crippen molar-refractivity contribution < 1.29 is 4.79 Å². The number of nitrogens with zero attached hydrogens (tertiary/aromatic N) is 4. The van der Waals surface area contributed by atoms with Crippen LogP contribution in [0.15, 0.2) is 78.2 Å². The zero-order chi connectivity index (χ0) is 21.6. The van der Waals surface area contributed by atoms with Crippen molar-refractivity contribution in [1.29, 1.82) is 0 Å². The molecule has 0 radical (unpaired) electrons. The molecule has 156 valence electrons. The zero-order valence-electron chi connectivity index (χ0n) is 17.4. The van der Waals surface area contributed by atoms with Gasteiger partial charge in [-0.2, -0.15) is 0 Å². The van der Waals surface area contributed by atoms with Crippen molar-refractivity contribution in [2.75, 3.05) is 5.75 Å². The van der Waals surface area contributed by atoms with E-state index in [1.54, 1.807) is 12.4 Å². The quantitative estimate of drug-likeness (QED) is 0.442. The van der Waals surface area contributed by atoms with Gasteiger partial charge in [-0.1, -0.05) is 59.8 Å². The van der Waals surface area contributed by atoms with Gasteiger partial charge in [0, 0.05) is 24.5 Å². The highest BCUT2D eigenvalue weighted by Crippen LogP contribution is 2.29. The van der Waals surface area contributed by atoms with Gasteiger partial charge in [-0.15, -0.1) is 10.2 Å². The van der Waals surface area contributed by atoms with E-state index in [0.29, 0.717) is 17.5 Å². The molecule has 0 atom stereocenters. The first-order valence-corrected chi connectivity index (χ1v) is 11.0. The van der Waals surface area contributed by atoms with Gasteiger partial charge in [0.25, 0.3) is 0 Å². The lowest BCUT2D eigenvalue weighted by Crippen LogP contribution is -2.24. The van der Waals surface area contributed by atoms with Crippen LogP contribution in [0.4, 0.5) is 0 Å². The van der Waals surface area contributed by atoms with Gasteiger partial charge in [-0.25, -0.2) is 0 Å². The summed E-state index contributed by atoms with van der Waals surface area (Å²) in [6.45, 7) is 4.64. The van der Waals surface area contributed by atoms with Crippen LogP contribution in [0, 0.1) is 13.8 Å². The van der Waals surface area contributed by atoms with Crippen LogP contribution in [0.3, 0.4) is 0 Å². The molecule has 4 aromatic rings. The van der Waals surface area contributed by atoms with Gasteiger partial charge < -0.3 is 5.32 Å². The molecular weight excluding hydrogens is 406 g/mol. The minimum absolute atomic E-state index is 0.0491. The molecule has 2 aromatic heterocycles. The highest BCUT2D eigenvalue weighted by atomic mass is 32.2. The van der Waals surface area contributed by atoms with Crippen LogP contribution in [-0.2, 0) is 11.3 Å². The maximum absolute atomic E-state index is 12.4. The van der Waals surface area contributed by atoms with Gasteiger partial charge in [0.05, 0.1) is 11.4 Å². The fraction of sp³-hybridized carbons (Fsp3) is 0.167. The SMILES string of the molecule is Cc1ccc(-n2c(SCC(=O)NCc3ccccc3)nnc2-c2cccnc2)c(C)c1. The summed E-state index contributed by atoms with van der Waals surface area (Å²) in [6.07, 6.45) is 3.50. The number of rotatable bonds is 7. The maximum atomic E-state index is 12.4. The van der Waals surface area contributed by atoms with Crippen molar-refractivity contribution in [3.8, 4) is 17.1 Å². The Kier molecular flexibility index (Phi) is 6.43. The van der Waals surface area contributed by atoms with Gasteiger partial charge in [0.1, 0.15) is 0 Å². The number of hydrogen-bond donors (Lipinski definition) is 1. The second-order valence-electron chi connectivity index (χ2n) is 7.22. The molecule has 7 heteroatoms. The summed E-state index contributed by atoms with van der Waals surface area (Å²) in [7, 11) is 0. The van der Waals surface area contributed by atoms with Gasteiger partial charge in [0.2, 0.25) is 5.91 Å². The number of thioether (sulfide) groups is 1. The molecule has 1 N–H and O–H groups in total. The van der Waals surface area contributed by atoms with Gasteiger partial charge in [-0.05, 0) is 43.2 Å². The van der Waals surface area contributed by atoms with Crippen molar-refractivity contribution in [2.24, 2.45) is 0 Å². The number of pyridine rings is 1. The molecule has 0 bridgehead atoms. The number of nitrogens with one attached hydrogen (secondary N) is 1. The molecule has 4 rings (SSSR count). The predicted molar refractivity (Wildman–Crippen MR) is 123 cm³/mol. The second kappa shape index (κ2) is 9.57. The van der Waals surface area contributed by atoms with Crippen LogP contribution in [-0.4, -0.2) is 31.4 Å². The van der Waals surface area contributed by atoms with Crippen LogP contribution in [0.1, 0.15) is 16.7 Å². The lowest BCUT2D eigenvalue weighted by atomic mass is 10.1. The molecule has 0 saturated heterocycles. The first-order chi connectivity index (χ1) is 15.1. The molecule has 1 amide bonds. The Morgan fingerprint density at radius 2 is 1.87 bits per heavy atom. The Bertz CT molecular complexity index is 1180. The third-order valence-electron chi connectivity index (χ3n) is 4.81. The molecular formula is C24H23N5OS. The summed E-state index contributed by atoms with van der Waals surface area (Å²) >= 11 is 1.37. The maximum Gasteiger partial charge on any atom is 0.230 e. The number of carbonyl (C=O) groups excluding carboxylic acids is 1. The fourth-order valence-corrected chi connectivity index (χ4v) is 4.07. The van der Waals surface area contributed by atoms with Crippen molar-refractivity contribution in [1.82, 2.24) is 25.1 Å². The molecule has 2 aromatic carbocycles. The number of amides is 1. The largest absolute Gasteiger partial charge is 0.351 e. The van der Waals surface area contributed by atoms with Crippen LogP contribution in [0.2, 0.25) is 0 Å². The van der Waals surface area contributed by atoms with E-state index in [-0.39, 0.29) is 11.7 Å². The van der Waals surface area contributed by atoms with Crippen LogP contribution in [0.25, 0.3) is 17.1 Å². The highest BCUT2D eigenvalue weighted by Gasteiger charge is 2.18. The Hall–Kier alpha value is -3.45. The Morgan fingerprint density at radius 3 is 2.61 bits per heavy atom. The number of aromatic nitrogens is 4. The van der Waals surface area contributed by atoms with Crippen molar-refractivity contribution >= 4 is 17.7 Å². The van der Waals surface area contributed by atoms with E-state index >= 15 is 0 Å². The first-order valence-electron chi connectivity index (χ1n) is 9.98. The molecule has 31 heavy (non-hydrogen) atoms. The average Bonchev–Trinajstić information content (AvgIpc) is 3.21. The van der Waals surface area contributed by atoms with Gasteiger partial charge in [0.15, 0.2) is 11.0 Å². The lowest BCUT2D eigenvalue weighted by Gasteiger charge is -2.13. The number of aryl methyl sites for hydroxylation is 2. The molecule has 6 nitrogen and oxygen atoms in total. The van der Waals surface area contributed by atoms with E-state index in [4.69, 9.17) is 0 Å². The van der Waals surface area contributed by atoms with Crippen LogP contribution < -0.4 is 5.32 Å². The molecule has 0 spiro atoms. The summed E-state index contributed by atoms with van der Waals surface area (Å²) in [4.78, 5) is 16.6. The second-order valence-corrected chi connectivity index (χ2v) is 8.17. The smallest absolute Gasteiger partial charge is 0.230 e. The van der Waals surface area contributed by atoms with E-state index in [1.165, 1.54) is 17.3 Å².